The number of rotatable bonds is 2. The molecule has 0 aliphatic heterocycles. The lowest BCUT2D eigenvalue weighted by atomic mass is 10.3. The summed E-state index contributed by atoms with van der Waals surface area (Å²) in [4.78, 5) is 5.50. The zero-order valence-corrected chi connectivity index (χ0v) is 10.7. The maximum absolute atomic E-state index is 5.34. The Kier molecular flexibility index (Phi) is 3.57. The van der Waals surface area contributed by atoms with Gasteiger partial charge in [-0.05, 0) is 19.9 Å². The van der Waals surface area contributed by atoms with E-state index in [1.165, 1.54) is 4.88 Å². The van der Waals surface area contributed by atoms with Crippen LogP contribution < -0.4 is 5.73 Å². The molecule has 2 rings (SSSR count). The summed E-state index contributed by atoms with van der Waals surface area (Å²) in [6.45, 7) is 5.01. The van der Waals surface area contributed by atoms with Crippen molar-refractivity contribution >= 4 is 11.3 Å². The van der Waals surface area contributed by atoms with Crippen molar-refractivity contribution < 1.29 is 0 Å². The van der Waals surface area contributed by atoms with E-state index in [1.807, 2.05) is 23.9 Å². The lowest BCUT2D eigenvalue weighted by molar-refractivity contribution is 0.663. The molecule has 0 radical (unpaired) electrons. The van der Waals surface area contributed by atoms with Gasteiger partial charge in [-0.25, -0.2) is 9.67 Å². The van der Waals surface area contributed by atoms with E-state index < -0.39 is 0 Å². The van der Waals surface area contributed by atoms with E-state index in [0.29, 0.717) is 6.54 Å². The van der Waals surface area contributed by atoms with Crippen molar-refractivity contribution in [3.63, 3.8) is 0 Å². The number of hydrogen-bond donors (Lipinski definition) is 1. The van der Waals surface area contributed by atoms with Gasteiger partial charge in [0.1, 0.15) is 11.6 Å². The minimum Gasteiger partial charge on any atom is -0.320 e. The summed E-state index contributed by atoms with van der Waals surface area (Å²) in [5.74, 6) is 7.61. The first-order valence-electron chi connectivity index (χ1n) is 5.33. The topological polar surface area (TPSA) is 56.7 Å². The van der Waals surface area contributed by atoms with Crippen LogP contribution in [0.4, 0.5) is 0 Å². The molecule has 0 aliphatic carbocycles. The first-order valence-corrected chi connectivity index (χ1v) is 6.21. The maximum Gasteiger partial charge on any atom is 0.147 e. The molecule has 0 saturated carbocycles. The summed E-state index contributed by atoms with van der Waals surface area (Å²) in [7, 11) is 0. The molecule has 2 N–H and O–H groups in total. The van der Waals surface area contributed by atoms with Crippen LogP contribution in [0, 0.1) is 25.7 Å². The number of aryl methyl sites for hydroxylation is 2. The van der Waals surface area contributed by atoms with Gasteiger partial charge < -0.3 is 5.73 Å². The molecular formula is C12H14N4S. The Morgan fingerprint density at radius 3 is 2.94 bits per heavy atom. The number of hydrogen-bond acceptors (Lipinski definition) is 4. The van der Waals surface area contributed by atoms with Crippen LogP contribution in [-0.2, 0) is 6.54 Å². The molecule has 0 aliphatic rings. The number of aromatic nitrogens is 3. The van der Waals surface area contributed by atoms with Crippen LogP contribution in [0.1, 0.15) is 22.1 Å². The molecule has 0 spiro atoms. The number of thiophene rings is 1. The minimum absolute atomic E-state index is 0.395. The molecule has 0 fully saturated rings. The predicted octanol–water partition coefficient (Wildman–Crippen LogP) is 1.31. The molecule has 5 heteroatoms. The van der Waals surface area contributed by atoms with Gasteiger partial charge >= 0.3 is 0 Å². The van der Waals surface area contributed by atoms with Crippen LogP contribution in [0.25, 0.3) is 0 Å². The normalized spacial score (nSPS) is 10.1. The first kappa shape index (κ1) is 11.8. The zero-order valence-electron chi connectivity index (χ0n) is 9.90. The van der Waals surface area contributed by atoms with Crippen molar-refractivity contribution in [2.45, 2.75) is 20.4 Å². The maximum atomic E-state index is 5.34. The average Bonchev–Trinajstić information content (AvgIpc) is 2.84. The highest BCUT2D eigenvalue weighted by Crippen LogP contribution is 2.15. The highest BCUT2D eigenvalue weighted by Gasteiger charge is 2.04. The van der Waals surface area contributed by atoms with Gasteiger partial charge in [0.05, 0.1) is 13.1 Å². The van der Waals surface area contributed by atoms with Crippen molar-refractivity contribution in [2.75, 3.05) is 6.54 Å². The minimum atomic E-state index is 0.395. The Hall–Kier alpha value is -1.64. The quantitative estimate of drug-likeness (QED) is 0.813. The first-order chi connectivity index (χ1) is 8.19. The van der Waals surface area contributed by atoms with Crippen LogP contribution in [0.3, 0.4) is 0 Å². The largest absolute Gasteiger partial charge is 0.320 e. The standard InChI is InChI=1S/C12H14N4S/c1-9-14-10(2)16(15-9)7-12-6-11(8-17-12)4-3-5-13/h6,8H,5,7,13H2,1-2H3. The fraction of sp³-hybridized carbons (Fsp3) is 0.333. The Balaban J connectivity index is 2.14. The molecule has 88 valence electrons. The molecular weight excluding hydrogens is 232 g/mol. The molecule has 4 nitrogen and oxygen atoms in total. The fourth-order valence-corrected chi connectivity index (χ4v) is 2.34. The van der Waals surface area contributed by atoms with Gasteiger partial charge in [-0.2, -0.15) is 5.10 Å². The molecule has 0 aromatic carbocycles. The molecule has 0 saturated heterocycles. The summed E-state index contributed by atoms with van der Waals surface area (Å²) in [5.41, 5.74) is 6.36. The SMILES string of the molecule is Cc1nc(C)n(Cc2cc(C#CCN)cs2)n1. The lowest BCUT2D eigenvalue weighted by Gasteiger charge is -1.98. The third-order valence-electron chi connectivity index (χ3n) is 2.26. The zero-order chi connectivity index (χ0) is 12.3. The van der Waals surface area contributed by atoms with Gasteiger partial charge in [0.25, 0.3) is 0 Å². The Morgan fingerprint density at radius 2 is 2.29 bits per heavy atom. The van der Waals surface area contributed by atoms with E-state index in [0.717, 1.165) is 23.8 Å². The Labute approximate surface area is 104 Å². The van der Waals surface area contributed by atoms with Crippen molar-refractivity contribution in [1.82, 2.24) is 14.8 Å². The van der Waals surface area contributed by atoms with E-state index in [2.05, 4.69) is 28.0 Å². The van der Waals surface area contributed by atoms with Gasteiger partial charge in [0, 0.05) is 15.8 Å². The molecule has 2 aromatic rings. The summed E-state index contributed by atoms with van der Waals surface area (Å²) in [6, 6.07) is 2.07. The van der Waals surface area contributed by atoms with Gasteiger partial charge in [0.15, 0.2) is 0 Å². The Morgan fingerprint density at radius 1 is 1.47 bits per heavy atom. The molecule has 2 heterocycles. The van der Waals surface area contributed by atoms with E-state index in [9.17, 15) is 0 Å². The van der Waals surface area contributed by atoms with Crippen molar-refractivity contribution in [2.24, 2.45) is 5.73 Å². The van der Waals surface area contributed by atoms with Gasteiger partial charge in [-0.3, -0.25) is 0 Å². The highest BCUT2D eigenvalue weighted by molar-refractivity contribution is 7.10. The van der Waals surface area contributed by atoms with Gasteiger partial charge in [-0.1, -0.05) is 11.8 Å². The van der Waals surface area contributed by atoms with E-state index >= 15 is 0 Å². The fourth-order valence-electron chi connectivity index (χ4n) is 1.54. The second-order valence-corrected chi connectivity index (χ2v) is 4.67. The molecule has 17 heavy (non-hydrogen) atoms. The Bertz CT molecular complexity index is 571. The lowest BCUT2D eigenvalue weighted by Crippen LogP contribution is -2.02. The number of nitrogens with two attached hydrogens (primary N) is 1. The van der Waals surface area contributed by atoms with Crippen molar-refractivity contribution in [3.8, 4) is 11.8 Å². The second-order valence-electron chi connectivity index (χ2n) is 3.67. The van der Waals surface area contributed by atoms with E-state index in [1.54, 1.807) is 11.3 Å². The smallest absolute Gasteiger partial charge is 0.147 e. The molecule has 2 aromatic heterocycles. The van der Waals surface area contributed by atoms with Crippen LogP contribution in [0.2, 0.25) is 0 Å². The highest BCUT2D eigenvalue weighted by atomic mass is 32.1. The van der Waals surface area contributed by atoms with E-state index in [-0.39, 0.29) is 0 Å². The molecule has 0 amide bonds. The number of nitrogens with zero attached hydrogens (tertiary/aromatic N) is 3. The van der Waals surface area contributed by atoms with Crippen LogP contribution in [-0.4, -0.2) is 21.3 Å². The second kappa shape index (κ2) is 5.13. The monoisotopic (exact) mass is 246 g/mol. The van der Waals surface area contributed by atoms with Gasteiger partial charge in [0.2, 0.25) is 0 Å². The molecule has 0 atom stereocenters. The summed E-state index contributed by atoms with van der Waals surface area (Å²) < 4.78 is 1.90. The molecule has 0 unspecified atom stereocenters. The van der Waals surface area contributed by atoms with Crippen LogP contribution in [0.5, 0.6) is 0 Å². The van der Waals surface area contributed by atoms with Crippen LogP contribution >= 0.6 is 11.3 Å². The van der Waals surface area contributed by atoms with Gasteiger partial charge in [-0.15, -0.1) is 11.3 Å². The van der Waals surface area contributed by atoms with E-state index in [4.69, 9.17) is 5.73 Å². The predicted molar refractivity (Wildman–Crippen MR) is 68.8 cm³/mol. The summed E-state index contributed by atoms with van der Waals surface area (Å²) >= 11 is 1.68. The third-order valence-corrected chi connectivity index (χ3v) is 3.18. The third kappa shape index (κ3) is 2.93. The summed E-state index contributed by atoms with van der Waals surface area (Å²) in [6.07, 6.45) is 0. The van der Waals surface area contributed by atoms with Crippen molar-refractivity contribution in [3.05, 3.63) is 33.5 Å². The molecule has 0 bridgehead atoms. The van der Waals surface area contributed by atoms with Crippen molar-refractivity contribution in [1.29, 1.82) is 0 Å². The average molecular weight is 246 g/mol. The van der Waals surface area contributed by atoms with Crippen LogP contribution in [0.15, 0.2) is 11.4 Å². The summed E-state index contributed by atoms with van der Waals surface area (Å²) in [5, 5.41) is 6.37.